The van der Waals surface area contributed by atoms with E-state index < -0.39 is 12.0 Å². The standard InChI is InChI=1S/C12H21NO4/c1-2-5-10(12(15)16)13-11(14)8-17-9-6-3-4-7-9/h9-10H,2-8H2,1H3,(H,13,14)(H,15,16). The summed E-state index contributed by atoms with van der Waals surface area (Å²) in [6.07, 6.45) is 5.66. The minimum atomic E-state index is -0.985. The second-order valence-electron chi connectivity index (χ2n) is 4.46. The first-order valence-corrected chi connectivity index (χ1v) is 6.27. The van der Waals surface area contributed by atoms with Crippen LogP contribution in [0.25, 0.3) is 0 Å². The van der Waals surface area contributed by atoms with Crippen molar-refractivity contribution in [2.45, 2.75) is 57.6 Å². The molecule has 5 nitrogen and oxygen atoms in total. The van der Waals surface area contributed by atoms with E-state index in [0.717, 1.165) is 32.1 Å². The Kier molecular flexibility index (Phi) is 5.97. The van der Waals surface area contributed by atoms with Gasteiger partial charge in [0.2, 0.25) is 5.91 Å². The molecule has 1 saturated carbocycles. The predicted octanol–water partition coefficient (Wildman–Crippen LogP) is 1.32. The molecule has 0 aromatic carbocycles. The van der Waals surface area contributed by atoms with Crippen LogP contribution >= 0.6 is 0 Å². The van der Waals surface area contributed by atoms with Crippen molar-refractivity contribution in [3.63, 3.8) is 0 Å². The maximum absolute atomic E-state index is 11.5. The molecule has 0 heterocycles. The molecule has 5 heteroatoms. The molecule has 0 spiro atoms. The van der Waals surface area contributed by atoms with Crippen molar-refractivity contribution in [2.24, 2.45) is 0 Å². The molecule has 1 unspecified atom stereocenters. The molecule has 98 valence electrons. The summed E-state index contributed by atoms with van der Waals surface area (Å²) in [7, 11) is 0. The third-order valence-electron chi connectivity index (χ3n) is 2.96. The summed E-state index contributed by atoms with van der Waals surface area (Å²) in [5.41, 5.74) is 0. The molecule has 0 aliphatic heterocycles. The number of amides is 1. The Morgan fingerprint density at radius 1 is 1.41 bits per heavy atom. The average Bonchev–Trinajstić information content (AvgIpc) is 2.78. The van der Waals surface area contributed by atoms with Gasteiger partial charge in [-0.05, 0) is 19.3 Å². The quantitative estimate of drug-likeness (QED) is 0.707. The SMILES string of the molecule is CCCC(NC(=O)COC1CCCC1)C(=O)O. The van der Waals surface area contributed by atoms with Crippen LogP contribution in [0.3, 0.4) is 0 Å². The van der Waals surface area contributed by atoms with Gasteiger partial charge < -0.3 is 15.2 Å². The number of carboxylic acid groups (broad SMARTS) is 1. The molecule has 1 aliphatic rings. The fourth-order valence-corrected chi connectivity index (χ4v) is 2.03. The highest BCUT2D eigenvalue weighted by atomic mass is 16.5. The minimum absolute atomic E-state index is 0.0296. The van der Waals surface area contributed by atoms with Gasteiger partial charge in [0.15, 0.2) is 0 Å². The molecule has 1 atom stereocenters. The minimum Gasteiger partial charge on any atom is -0.480 e. The van der Waals surface area contributed by atoms with Gasteiger partial charge in [-0.2, -0.15) is 0 Å². The number of aliphatic carboxylic acids is 1. The van der Waals surface area contributed by atoms with Gasteiger partial charge in [-0.3, -0.25) is 4.79 Å². The van der Waals surface area contributed by atoms with Gasteiger partial charge in [0.1, 0.15) is 12.6 Å². The Bertz CT molecular complexity index is 261. The maximum Gasteiger partial charge on any atom is 0.326 e. The van der Waals surface area contributed by atoms with E-state index >= 15 is 0 Å². The van der Waals surface area contributed by atoms with Gasteiger partial charge in [-0.25, -0.2) is 4.79 Å². The van der Waals surface area contributed by atoms with Crippen LogP contribution in [0.1, 0.15) is 45.4 Å². The lowest BCUT2D eigenvalue weighted by Gasteiger charge is -2.15. The lowest BCUT2D eigenvalue weighted by Crippen LogP contribution is -2.42. The van der Waals surface area contributed by atoms with E-state index in [4.69, 9.17) is 9.84 Å². The van der Waals surface area contributed by atoms with Crippen molar-refractivity contribution in [1.82, 2.24) is 5.32 Å². The first-order valence-electron chi connectivity index (χ1n) is 6.27. The van der Waals surface area contributed by atoms with Crippen molar-refractivity contribution in [3.8, 4) is 0 Å². The Hall–Kier alpha value is -1.10. The molecule has 1 amide bonds. The van der Waals surface area contributed by atoms with Crippen molar-refractivity contribution in [2.75, 3.05) is 6.61 Å². The Labute approximate surface area is 102 Å². The van der Waals surface area contributed by atoms with Crippen LogP contribution in [0.4, 0.5) is 0 Å². The first-order chi connectivity index (χ1) is 8.13. The molecule has 1 fully saturated rings. The zero-order valence-electron chi connectivity index (χ0n) is 10.3. The normalized spacial score (nSPS) is 17.9. The molecule has 0 aromatic heterocycles. The molecule has 1 rings (SSSR count). The van der Waals surface area contributed by atoms with E-state index in [1.165, 1.54) is 0 Å². The van der Waals surface area contributed by atoms with E-state index in [-0.39, 0.29) is 18.6 Å². The molecule has 0 radical (unpaired) electrons. The Morgan fingerprint density at radius 2 is 2.06 bits per heavy atom. The highest BCUT2D eigenvalue weighted by Gasteiger charge is 2.20. The molecule has 2 N–H and O–H groups in total. The fourth-order valence-electron chi connectivity index (χ4n) is 2.03. The fraction of sp³-hybridized carbons (Fsp3) is 0.833. The van der Waals surface area contributed by atoms with Gasteiger partial charge >= 0.3 is 5.97 Å². The van der Waals surface area contributed by atoms with E-state index in [1.54, 1.807) is 0 Å². The smallest absolute Gasteiger partial charge is 0.326 e. The zero-order valence-corrected chi connectivity index (χ0v) is 10.3. The lowest BCUT2D eigenvalue weighted by molar-refractivity contribution is -0.143. The molecular weight excluding hydrogens is 222 g/mol. The monoisotopic (exact) mass is 243 g/mol. The predicted molar refractivity (Wildman–Crippen MR) is 62.7 cm³/mol. The summed E-state index contributed by atoms with van der Waals surface area (Å²) in [5.74, 6) is -1.32. The average molecular weight is 243 g/mol. The largest absolute Gasteiger partial charge is 0.480 e. The van der Waals surface area contributed by atoms with Crippen molar-refractivity contribution in [3.05, 3.63) is 0 Å². The number of carbonyl (C=O) groups is 2. The van der Waals surface area contributed by atoms with E-state index in [9.17, 15) is 9.59 Å². The topological polar surface area (TPSA) is 75.6 Å². The zero-order chi connectivity index (χ0) is 12.7. The van der Waals surface area contributed by atoms with Crippen LogP contribution in [0.2, 0.25) is 0 Å². The van der Waals surface area contributed by atoms with Crippen LogP contribution in [-0.2, 0) is 14.3 Å². The second-order valence-corrected chi connectivity index (χ2v) is 4.46. The van der Waals surface area contributed by atoms with Crippen molar-refractivity contribution < 1.29 is 19.4 Å². The summed E-state index contributed by atoms with van der Waals surface area (Å²) in [4.78, 5) is 22.3. The van der Waals surface area contributed by atoms with E-state index in [2.05, 4.69) is 5.32 Å². The molecule has 1 aliphatic carbocycles. The Morgan fingerprint density at radius 3 is 2.59 bits per heavy atom. The summed E-state index contributed by atoms with van der Waals surface area (Å²) >= 11 is 0. The molecule has 0 bridgehead atoms. The van der Waals surface area contributed by atoms with Crippen LogP contribution in [-0.4, -0.2) is 35.7 Å². The summed E-state index contributed by atoms with van der Waals surface area (Å²) in [6, 6.07) is -0.792. The second kappa shape index (κ2) is 7.27. The van der Waals surface area contributed by atoms with Crippen molar-refractivity contribution in [1.29, 1.82) is 0 Å². The van der Waals surface area contributed by atoms with Crippen molar-refractivity contribution >= 4 is 11.9 Å². The molecular formula is C12H21NO4. The lowest BCUT2D eigenvalue weighted by atomic mass is 10.2. The number of nitrogens with one attached hydrogen (secondary N) is 1. The van der Waals surface area contributed by atoms with Crippen LogP contribution in [0.15, 0.2) is 0 Å². The first kappa shape index (κ1) is 14.0. The third-order valence-corrected chi connectivity index (χ3v) is 2.96. The highest BCUT2D eigenvalue weighted by molar-refractivity contribution is 5.84. The third kappa shape index (κ3) is 5.17. The number of hydrogen-bond acceptors (Lipinski definition) is 3. The summed E-state index contributed by atoms with van der Waals surface area (Å²) in [5, 5.41) is 11.4. The summed E-state index contributed by atoms with van der Waals surface area (Å²) < 4.78 is 5.42. The molecule has 0 saturated heterocycles. The van der Waals surface area contributed by atoms with Gasteiger partial charge in [-0.15, -0.1) is 0 Å². The number of carboxylic acids is 1. The highest BCUT2D eigenvalue weighted by Crippen LogP contribution is 2.20. The van der Waals surface area contributed by atoms with Crippen LogP contribution in [0, 0.1) is 0 Å². The molecule has 17 heavy (non-hydrogen) atoms. The van der Waals surface area contributed by atoms with Crippen LogP contribution in [0.5, 0.6) is 0 Å². The van der Waals surface area contributed by atoms with Gasteiger partial charge in [0.25, 0.3) is 0 Å². The van der Waals surface area contributed by atoms with Crippen LogP contribution < -0.4 is 5.32 Å². The number of hydrogen-bond donors (Lipinski definition) is 2. The van der Waals surface area contributed by atoms with E-state index in [1.807, 2.05) is 6.92 Å². The Balaban J connectivity index is 2.23. The summed E-state index contributed by atoms with van der Waals surface area (Å²) in [6.45, 7) is 1.86. The van der Waals surface area contributed by atoms with Gasteiger partial charge in [0.05, 0.1) is 6.10 Å². The number of rotatable bonds is 7. The number of carbonyl (C=O) groups excluding carboxylic acids is 1. The molecule has 0 aromatic rings. The van der Waals surface area contributed by atoms with E-state index in [0.29, 0.717) is 6.42 Å². The number of ether oxygens (including phenoxy) is 1. The van der Waals surface area contributed by atoms with Gasteiger partial charge in [0, 0.05) is 0 Å². The van der Waals surface area contributed by atoms with Gasteiger partial charge in [-0.1, -0.05) is 26.2 Å². The maximum atomic E-state index is 11.5.